The summed E-state index contributed by atoms with van der Waals surface area (Å²) < 4.78 is 6.00. The maximum atomic E-state index is 11.8. The van der Waals surface area contributed by atoms with E-state index in [4.69, 9.17) is 10.5 Å². The Bertz CT molecular complexity index is 569. The lowest BCUT2D eigenvalue weighted by Crippen LogP contribution is -2.33. The number of carbonyl (C=O) groups is 1. The zero-order chi connectivity index (χ0) is 13.8. The van der Waals surface area contributed by atoms with Crippen molar-refractivity contribution in [3.8, 4) is 5.75 Å². The summed E-state index contributed by atoms with van der Waals surface area (Å²) in [5.41, 5.74) is 9.92. The van der Waals surface area contributed by atoms with E-state index in [1.54, 1.807) is 0 Å². The van der Waals surface area contributed by atoms with Crippen molar-refractivity contribution in [1.82, 2.24) is 0 Å². The Morgan fingerprint density at radius 2 is 2.20 bits per heavy atom. The van der Waals surface area contributed by atoms with Gasteiger partial charge in [0, 0.05) is 30.4 Å². The first-order chi connectivity index (χ1) is 8.92. The van der Waals surface area contributed by atoms with Crippen LogP contribution in [0.25, 0.3) is 0 Å². The van der Waals surface area contributed by atoms with Gasteiger partial charge in [0.2, 0.25) is 5.91 Å². The van der Waals surface area contributed by atoms with Gasteiger partial charge in [-0.1, -0.05) is 19.9 Å². The molecule has 1 aromatic carbocycles. The lowest BCUT2D eigenvalue weighted by Gasteiger charge is -2.34. The number of anilines is 1. The molecule has 0 aromatic heterocycles. The number of halogens is 1. The minimum atomic E-state index is -0.197. The molecule has 0 saturated carbocycles. The van der Waals surface area contributed by atoms with Crippen LogP contribution in [0.1, 0.15) is 37.0 Å². The number of aryl methyl sites for hydroxylation is 1. The van der Waals surface area contributed by atoms with Gasteiger partial charge in [-0.25, -0.2) is 0 Å². The highest BCUT2D eigenvalue weighted by Crippen LogP contribution is 2.48. The molecule has 0 spiro atoms. The topological polar surface area (TPSA) is 64.3 Å². The summed E-state index contributed by atoms with van der Waals surface area (Å²) in [7, 11) is 0. The van der Waals surface area contributed by atoms with Crippen LogP contribution in [-0.2, 0) is 16.6 Å². The van der Waals surface area contributed by atoms with Crippen molar-refractivity contribution in [2.24, 2.45) is 5.73 Å². The molecule has 2 aliphatic rings. The Labute approximate surface area is 125 Å². The predicted octanol–water partition coefficient (Wildman–Crippen LogP) is 2.30. The van der Waals surface area contributed by atoms with E-state index < -0.39 is 0 Å². The summed E-state index contributed by atoms with van der Waals surface area (Å²) in [6.07, 6.45) is 1.42. The normalized spacial score (nSPS) is 22.2. The van der Waals surface area contributed by atoms with Gasteiger partial charge < -0.3 is 15.8 Å². The molecule has 4 nitrogen and oxygen atoms in total. The molecule has 1 unspecified atom stereocenters. The monoisotopic (exact) mass is 296 g/mol. The third-order valence-electron chi connectivity index (χ3n) is 4.09. The molecule has 0 aliphatic carbocycles. The first kappa shape index (κ1) is 15.1. The van der Waals surface area contributed by atoms with E-state index in [9.17, 15) is 4.79 Å². The van der Waals surface area contributed by atoms with E-state index in [1.165, 1.54) is 5.56 Å². The lowest BCUT2D eigenvalue weighted by atomic mass is 9.76. The zero-order valence-electron chi connectivity index (χ0n) is 12.1. The fourth-order valence-corrected chi connectivity index (χ4v) is 3.22. The summed E-state index contributed by atoms with van der Waals surface area (Å²) in [6, 6.07) is 2.12. The molecule has 5 heteroatoms. The molecule has 0 fully saturated rings. The Morgan fingerprint density at radius 3 is 2.85 bits per heavy atom. The van der Waals surface area contributed by atoms with Crippen LogP contribution in [0.5, 0.6) is 5.75 Å². The van der Waals surface area contributed by atoms with Crippen LogP contribution in [0, 0.1) is 6.92 Å². The minimum absolute atomic E-state index is 0. The second kappa shape index (κ2) is 4.93. The fourth-order valence-electron chi connectivity index (χ4n) is 3.22. The van der Waals surface area contributed by atoms with Gasteiger partial charge in [0.1, 0.15) is 11.9 Å². The van der Waals surface area contributed by atoms with E-state index in [0.717, 1.165) is 29.0 Å². The molecule has 3 N–H and O–H groups in total. The van der Waals surface area contributed by atoms with Crippen LogP contribution in [0.15, 0.2) is 6.07 Å². The van der Waals surface area contributed by atoms with Gasteiger partial charge >= 0.3 is 0 Å². The maximum Gasteiger partial charge on any atom is 0.225 e. The quantitative estimate of drug-likeness (QED) is 0.836. The predicted molar refractivity (Wildman–Crippen MR) is 81.9 cm³/mol. The number of benzene rings is 1. The summed E-state index contributed by atoms with van der Waals surface area (Å²) in [4.78, 5) is 11.8. The zero-order valence-corrected chi connectivity index (χ0v) is 12.9. The summed E-state index contributed by atoms with van der Waals surface area (Å²) in [5, 5.41) is 3.00. The molecule has 0 saturated heterocycles. The molecule has 1 amide bonds. The Balaban J connectivity index is 0.00000147. The van der Waals surface area contributed by atoms with Crippen LogP contribution >= 0.6 is 12.4 Å². The van der Waals surface area contributed by atoms with E-state index in [1.807, 2.05) is 6.92 Å². The second-order valence-corrected chi connectivity index (χ2v) is 6.22. The van der Waals surface area contributed by atoms with Crippen molar-refractivity contribution in [3.05, 3.63) is 22.8 Å². The van der Waals surface area contributed by atoms with Gasteiger partial charge in [0.05, 0.1) is 5.69 Å². The van der Waals surface area contributed by atoms with Crippen molar-refractivity contribution in [3.63, 3.8) is 0 Å². The SMILES string of the molecule is Cc1cc2c(c3c1NC(=O)CC3(C)C)OC(CN)C2.Cl. The average molecular weight is 297 g/mol. The van der Waals surface area contributed by atoms with Gasteiger partial charge in [-0.3, -0.25) is 4.79 Å². The number of rotatable bonds is 1. The van der Waals surface area contributed by atoms with E-state index >= 15 is 0 Å². The molecule has 1 atom stereocenters. The largest absolute Gasteiger partial charge is 0.488 e. The maximum absolute atomic E-state index is 11.8. The molecule has 0 radical (unpaired) electrons. The molecule has 1 aromatic rings. The van der Waals surface area contributed by atoms with Gasteiger partial charge in [-0.15, -0.1) is 12.4 Å². The summed E-state index contributed by atoms with van der Waals surface area (Å²) >= 11 is 0. The minimum Gasteiger partial charge on any atom is -0.488 e. The Morgan fingerprint density at radius 1 is 1.50 bits per heavy atom. The third-order valence-corrected chi connectivity index (χ3v) is 4.09. The van der Waals surface area contributed by atoms with Gasteiger partial charge in [-0.2, -0.15) is 0 Å². The van der Waals surface area contributed by atoms with Gasteiger partial charge in [0.15, 0.2) is 0 Å². The highest BCUT2D eigenvalue weighted by molar-refractivity contribution is 5.97. The first-order valence-corrected chi connectivity index (χ1v) is 6.76. The Kier molecular flexibility index (Phi) is 3.73. The standard InChI is InChI=1S/C15H20N2O2.ClH/c1-8-4-9-5-10(7-16)19-14(9)12-13(8)17-11(18)6-15(12,2)3;/h4,10H,5-7,16H2,1-3H3,(H,17,18);1H. The Hall–Kier alpha value is -1.26. The van der Waals surface area contributed by atoms with E-state index in [2.05, 4.69) is 25.2 Å². The number of nitrogens with two attached hydrogens (primary N) is 1. The number of amides is 1. The van der Waals surface area contributed by atoms with Crippen LogP contribution < -0.4 is 15.8 Å². The summed E-state index contributed by atoms with van der Waals surface area (Å²) in [5.74, 6) is 1.02. The number of nitrogens with one attached hydrogen (secondary N) is 1. The lowest BCUT2D eigenvalue weighted by molar-refractivity contribution is -0.117. The van der Waals surface area contributed by atoms with Crippen molar-refractivity contribution in [2.45, 2.75) is 45.1 Å². The van der Waals surface area contributed by atoms with Crippen molar-refractivity contribution < 1.29 is 9.53 Å². The molecule has 2 aliphatic heterocycles. The molecule has 20 heavy (non-hydrogen) atoms. The van der Waals surface area contributed by atoms with E-state index in [0.29, 0.717) is 13.0 Å². The molecular formula is C15H21ClN2O2. The van der Waals surface area contributed by atoms with Crippen molar-refractivity contribution >= 4 is 24.0 Å². The van der Waals surface area contributed by atoms with Crippen molar-refractivity contribution in [2.75, 3.05) is 11.9 Å². The smallest absolute Gasteiger partial charge is 0.225 e. The number of ether oxygens (including phenoxy) is 1. The molecule has 3 rings (SSSR count). The summed E-state index contributed by atoms with van der Waals surface area (Å²) in [6.45, 7) is 6.76. The van der Waals surface area contributed by atoms with Crippen LogP contribution in [0.2, 0.25) is 0 Å². The first-order valence-electron chi connectivity index (χ1n) is 6.76. The number of hydrogen-bond acceptors (Lipinski definition) is 3. The number of carbonyl (C=O) groups excluding carboxylic acids is 1. The third kappa shape index (κ3) is 2.17. The number of fused-ring (bicyclic) bond motifs is 3. The van der Waals surface area contributed by atoms with Crippen molar-refractivity contribution in [1.29, 1.82) is 0 Å². The highest BCUT2D eigenvalue weighted by Gasteiger charge is 2.39. The molecule has 2 heterocycles. The van der Waals surface area contributed by atoms with Gasteiger partial charge in [-0.05, 0) is 18.1 Å². The average Bonchev–Trinajstić information content (AvgIpc) is 2.70. The fraction of sp³-hybridized carbons (Fsp3) is 0.533. The van der Waals surface area contributed by atoms with Crippen LogP contribution in [0.3, 0.4) is 0 Å². The number of hydrogen-bond donors (Lipinski definition) is 2. The molecular weight excluding hydrogens is 276 g/mol. The van der Waals surface area contributed by atoms with Crippen LogP contribution in [0.4, 0.5) is 5.69 Å². The highest BCUT2D eigenvalue weighted by atomic mass is 35.5. The second-order valence-electron chi connectivity index (χ2n) is 6.22. The molecule has 110 valence electrons. The van der Waals surface area contributed by atoms with E-state index in [-0.39, 0.29) is 29.8 Å². The molecule has 0 bridgehead atoms. The van der Waals surface area contributed by atoms with Crippen LogP contribution in [-0.4, -0.2) is 18.6 Å². The van der Waals surface area contributed by atoms with Gasteiger partial charge in [0.25, 0.3) is 0 Å².